The Kier molecular flexibility index (Phi) is 2.55. The number of hydrogen-bond acceptors (Lipinski definition) is 3. The lowest BCUT2D eigenvalue weighted by Crippen LogP contribution is -1.83. The maximum absolute atomic E-state index is 10.5. The zero-order chi connectivity index (χ0) is 10.8. The molecule has 0 radical (unpaired) electrons. The van der Waals surface area contributed by atoms with E-state index >= 15 is 0 Å². The van der Waals surface area contributed by atoms with Gasteiger partial charge in [0, 0.05) is 4.47 Å². The number of halogens is 1. The summed E-state index contributed by atoms with van der Waals surface area (Å²) in [5.41, 5.74) is 0.932. The van der Waals surface area contributed by atoms with E-state index in [-0.39, 0.29) is 5.75 Å². The van der Waals surface area contributed by atoms with Crippen molar-refractivity contribution >= 4 is 22.2 Å². The molecule has 1 aromatic heterocycles. The van der Waals surface area contributed by atoms with Crippen molar-refractivity contribution in [1.82, 2.24) is 9.97 Å². The molecule has 1 aromatic carbocycles. The van der Waals surface area contributed by atoms with Crippen LogP contribution in [0.4, 0.5) is 0 Å². The van der Waals surface area contributed by atoms with Gasteiger partial charge in [0.2, 0.25) is 0 Å². The van der Waals surface area contributed by atoms with Crippen molar-refractivity contribution in [3.63, 3.8) is 0 Å². The molecular weight excluding hydrogens is 260 g/mol. The molecule has 0 spiro atoms. The van der Waals surface area contributed by atoms with Crippen LogP contribution < -0.4 is 0 Å². The number of carbonyl (C=O) groups is 1. The Balaban J connectivity index is 2.52. The summed E-state index contributed by atoms with van der Waals surface area (Å²) >= 11 is 3.30. The number of benzene rings is 1. The molecule has 0 fully saturated rings. The second-order valence-corrected chi connectivity index (χ2v) is 3.88. The number of H-pyrrole nitrogens is 1. The molecule has 5 heteroatoms. The topological polar surface area (TPSA) is 66.0 Å². The summed E-state index contributed by atoms with van der Waals surface area (Å²) in [6, 6.07) is 5.01. The molecule has 2 aromatic rings. The number of rotatable bonds is 2. The third-order valence-electron chi connectivity index (χ3n) is 1.94. The molecule has 0 bridgehead atoms. The van der Waals surface area contributed by atoms with Crippen LogP contribution in [-0.4, -0.2) is 21.4 Å². The van der Waals surface area contributed by atoms with E-state index in [2.05, 4.69) is 25.9 Å². The number of imidazole rings is 1. The van der Waals surface area contributed by atoms with Crippen LogP contribution in [0.5, 0.6) is 5.75 Å². The van der Waals surface area contributed by atoms with Crippen LogP contribution in [0.1, 0.15) is 10.5 Å². The zero-order valence-electron chi connectivity index (χ0n) is 7.57. The van der Waals surface area contributed by atoms with Crippen LogP contribution in [0.3, 0.4) is 0 Å². The highest BCUT2D eigenvalue weighted by atomic mass is 79.9. The van der Waals surface area contributed by atoms with Gasteiger partial charge in [-0.1, -0.05) is 15.9 Å². The lowest BCUT2D eigenvalue weighted by Gasteiger charge is -2.01. The van der Waals surface area contributed by atoms with Gasteiger partial charge in [0.25, 0.3) is 0 Å². The highest BCUT2D eigenvalue weighted by molar-refractivity contribution is 9.10. The number of aldehydes is 1. The number of nitrogens with zero attached hydrogens (tertiary/aromatic N) is 1. The number of phenolic OH excluding ortho intramolecular Hbond substituents is 1. The molecule has 0 saturated carbocycles. The summed E-state index contributed by atoms with van der Waals surface area (Å²) in [5, 5.41) is 9.60. The van der Waals surface area contributed by atoms with Crippen molar-refractivity contribution in [2.75, 3.05) is 0 Å². The predicted molar refractivity (Wildman–Crippen MR) is 58.8 cm³/mol. The molecular formula is C10H7BrN2O2. The Labute approximate surface area is 94.1 Å². The molecule has 0 aliphatic rings. The van der Waals surface area contributed by atoms with Gasteiger partial charge >= 0.3 is 0 Å². The Bertz CT molecular complexity index is 508. The smallest absolute Gasteiger partial charge is 0.167 e. The minimum atomic E-state index is 0.116. The fourth-order valence-electron chi connectivity index (χ4n) is 1.23. The Morgan fingerprint density at radius 2 is 2.27 bits per heavy atom. The number of aromatic hydroxyl groups is 1. The second-order valence-electron chi connectivity index (χ2n) is 2.97. The van der Waals surface area contributed by atoms with Crippen LogP contribution in [0.15, 0.2) is 28.9 Å². The monoisotopic (exact) mass is 266 g/mol. The number of carbonyl (C=O) groups excluding carboxylic acids is 1. The lowest BCUT2D eigenvalue weighted by molar-refractivity contribution is 0.111. The van der Waals surface area contributed by atoms with Gasteiger partial charge in [0.1, 0.15) is 11.6 Å². The Morgan fingerprint density at radius 3 is 2.93 bits per heavy atom. The molecule has 0 unspecified atom stereocenters. The number of aromatic amines is 1. The summed E-state index contributed by atoms with van der Waals surface area (Å²) in [5.74, 6) is 0.584. The molecule has 2 rings (SSSR count). The summed E-state index contributed by atoms with van der Waals surface area (Å²) in [7, 11) is 0. The zero-order valence-corrected chi connectivity index (χ0v) is 9.15. The van der Waals surface area contributed by atoms with Crippen LogP contribution in [-0.2, 0) is 0 Å². The van der Waals surface area contributed by atoms with E-state index in [1.807, 2.05) is 0 Å². The van der Waals surface area contributed by atoms with E-state index in [0.29, 0.717) is 23.4 Å². The van der Waals surface area contributed by atoms with Gasteiger partial charge in [-0.25, -0.2) is 4.98 Å². The average molecular weight is 267 g/mol. The van der Waals surface area contributed by atoms with Crippen molar-refractivity contribution in [2.45, 2.75) is 0 Å². The minimum Gasteiger partial charge on any atom is -0.507 e. The number of aromatic nitrogens is 2. The summed E-state index contributed by atoms with van der Waals surface area (Å²) in [4.78, 5) is 17.2. The summed E-state index contributed by atoms with van der Waals surface area (Å²) in [6.07, 6.45) is 2.09. The van der Waals surface area contributed by atoms with Crippen molar-refractivity contribution in [1.29, 1.82) is 0 Å². The van der Waals surface area contributed by atoms with Crippen LogP contribution in [0.25, 0.3) is 11.4 Å². The van der Waals surface area contributed by atoms with Crippen LogP contribution in [0, 0.1) is 0 Å². The largest absolute Gasteiger partial charge is 0.507 e. The normalized spacial score (nSPS) is 10.2. The molecule has 0 atom stereocenters. The van der Waals surface area contributed by atoms with Crippen LogP contribution in [0.2, 0.25) is 0 Å². The number of hydrogen-bond donors (Lipinski definition) is 2. The maximum atomic E-state index is 10.5. The van der Waals surface area contributed by atoms with E-state index in [1.54, 1.807) is 18.2 Å². The summed E-state index contributed by atoms with van der Waals surface area (Å²) < 4.78 is 0.833. The van der Waals surface area contributed by atoms with Crippen molar-refractivity contribution in [3.05, 3.63) is 34.6 Å². The van der Waals surface area contributed by atoms with Crippen molar-refractivity contribution in [3.8, 4) is 17.1 Å². The Morgan fingerprint density at radius 1 is 1.47 bits per heavy atom. The highest BCUT2D eigenvalue weighted by Gasteiger charge is 2.08. The first kappa shape index (κ1) is 9.92. The SMILES string of the molecule is O=Cc1cnc(-c2cc(Br)ccc2O)[nH]1. The first-order valence-electron chi connectivity index (χ1n) is 4.20. The van der Waals surface area contributed by atoms with Crippen molar-refractivity contribution < 1.29 is 9.90 Å². The number of nitrogens with one attached hydrogen (secondary N) is 1. The van der Waals surface area contributed by atoms with Gasteiger partial charge in [-0.05, 0) is 18.2 Å². The number of phenols is 1. The maximum Gasteiger partial charge on any atom is 0.167 e. The third-order valence-corrected chi connectivity index (χ3v) is 2.43. The molecule has 2 N–H and O–H groups in total. The average Bonchev–Trinajstić information content (AvgIpc) is 2.70. The predicted octanol–water partition coefficient (Wildman–Crippen LogP) is 2.36. The molecule has 0 saturated heterocycles. The van der Waals surface area contributed by atoms with E-state index < -0.39 is 0 Å². The molecule has 0 aliphatic heterocycles. The standard InChI is InChI=1S/C10H7BrN2O2/c11-6-1-2-9(15)8(3-6)10-12-4-7(5-14)13-10/h1-5,15H,(H,12,13). The first-order valence-corrected chi connectivity index (χ1v) is 4.99. The van der Waals surface area contributed by atoms with E-state index in [9.17, 15) is 9.90 Å². The van der Waals surface area contributed by atoms with E-state index in [0.717, 1.165) is 4.47 Å². The lowest BCUT2D eigenvalue weighted by atomic mass is 10.2. The highest BCUT2D eigenvalue weighted by Crippen LogP contribution is 2.29. The van der Waals surface area contributed by atoms with Gasteiger partial charge in [-0.2, -0.15) is 0 Å². The Hall–Kier alpha value is -1.62. The molecule has 0 aliphatic carbocycles. The molecule has 0 amide bonds. The summed E-state index contributed by atoms with van der Waals surface area (Å²) in [6.45, 7) is 0. The quantitative estimate of drug-likeness (QED) is 0.821. The minimum absolute atomic E-state index is 0.116. The third kappa shape index (κ3) is 1.92. The van der Waals surface area contributed by atoms with Crippen LogP contribution >= 0.6 is 15.9 Å². The van der Waals surface area contributed by atoms with Gasteiger partial charge < -0.3 is 10.1 Å². The molecule has 15 heavy (non-hydrogen) atoms. The van der Waals surface area contributed by atoms with Gasteiger partial charge in [0.05, 0.1) is 17.5 Å². The molecule has 76 valence electrons. The fraction of sp³-hybridized carbons (Fsp3) is 0. The molecule has 1 heterocycles. The van der Waals surface area contributed by atoms with E-state index in [1.165, 1.54) is 6.20 Å². The van der Waals surface area contributed by atoms with Gasteiger partial charge in [-0.15, -0.1) is 0 Å². The fourth-order valence-corrected chi connectivity index (χ4v) is 1.59. The van der Waals surface area contributed by atoms with Gasteiger partial charge in [-0.3, -0.25) is 4.79 Å². The molecule has 4 nitrogen and oxygen atoms in total. The van der Waals surface area contributed by atoms with Gasteiger partial charge in [0.15, 0.2) is 6.29 Å². The first-order chi connectivity index (χ1) is 7.20. The second kappa shape index (κ2) is 3.86. The van der Waals surface area contributed by atoms with E-state index in [4.69, 9.17) is 0 Å². The van der Waals surface area contributed by atoms with Crippen molar-refractivity contribution in [2.24, 2.45) is 0 Å².